The lowest BCUT2D eigenvalue weighted by Crippen LogP contribution is -2.42. The summed E-state index contributed by atoms with van der Waals surface area (Å²) < 4.78 is 17.6. The number of rotatable bonds is 3. The van der Waals surface area contributed by atoms with Gasteiger partial charge in [-0.3, -0.25) is 0 Å². The average molecular weight is 201 g/mol. The maximum Gasteiger partial charge on any atom is 0.502 e. The van der Waals surface area contributed by atoms with Gasteiger partial charge in [-0.25, -0.2) is 0 Å². The molecule has 0 aromatic rings. The van der Waals surface area contributed by atoms with E-state index in [1.165, 1.54) is 0 Å². The average Bonchev–Trinajstić information content (AvgIpc) is 2.68. The van der Waals surface area contributed by atoms with Crippen LogP contribution < -0.4 is 5.73 Å². The number of hydrogen-bond acceptors (Lipinski definition) is 4. The maximum absolute atomic E-state index is 5.89. The molecular weight excluding hydrogens is 186 g/mol. The molecule has 2 N–H and O–H groups in total. The third-order valence-electron chi connectivity index (χ3n) is 3.13. The van der Waals surface area contributed by atoms with Gasteiger partial charge in [-0.05, 0) is 25.8 Å². The molecule has 3 rings (SSSR count). The molecule has 5 heteroatoms. The summed E-state index contributed by atoms with van der Waals surface area (Å²) >= 11 is 0. The lowest BCUT2D eigenvalue weighted by Gasteiger charge is -2.23. The zero-order chi connectivity index (χ0) is 8.89. The van der Waals surface area contributed by atoms with Crippen LogP contribution in [0.4, 0.5) is 0 Å². The van der Waals surface area contributed by atoms with Crippen LogP contribution in [0, 0.1) is 0 Å². The van der Waals surface area contributed by atoms with Gasteiger partial charge >= 0.3 is 8.80 Å². The zero-order valence-corrected chi connectivity index (χ0v) is 8.57. The molecule has 0 aromatic carbocycles. The SMILES string of the molecule is NCCC[Si]12OC3CCC(O1)C3O2. The molecule has 2 aliphatic heterocycles. The first-order valence-corrected chi connectivity index (χ1v) is 7.00. The fourth-order valence-electron chi connectivity index (χ4n) is 2.55. The van der Waals surface area contributed by atoms with Gasteiger partial charge in [-0.15, -0.1) is 0 Å². The Kier molecular flexibility index (Phi) is 1.79. The van der Waals surface area contributed by atoms with E-state index in [4.69, 9.17) is 19.0 Å². The van der Waals surface area contributed by atoms with Crippen molar-refractivity contribution in [1.29, 1.82) is 0 Å². The monoisotopic (exact) mass is 201 g/mol. The minimum absolute atomic E-state index is 0.268. The standard InChI is InChI=1S/C8H15NO3Si/c9-4-1-5-13-10-6-2-3-7(11-13)8(6)12-13/h6-8H,1-5,9H2. The van der Waals surface area contributed by atoms with E-state index >= 15 is 0 Å². The number of nitrogens with two attached hydrogens (primary N) is 1. The van der Waals surface area contributed by atoms with Crippen molar-refractivity contribution in [2.24, 2.45) is 5.73 Å². The Balaban J connectivity index is 1.74. The van der Waals surface area contributed by atoms with Crippen LogP contribution in [-0.2, 0) is 13.3 Å². The highest BCUT2D eigenvalue weighted by Gasteiger charge is 2.65. The Hall–Kier alpha value is 0.0569. The van der Waals surface area contributed by atoms with Gasteiger partial charge < -0.3 is 19.0 Å². The van der Waals surface area contributed by atoms with Crippen molar-refractivity contribution in [3.05, 3.63) is 0 Å². The zero-order valence-electron chi connectivity index (χ0n) is 7.57. The Morgan fingerprint density at radius 2 is 1.85 bits per heavy atom. The number of hydrogen-bond donors (Lipinski definition) is 1. The van der Waals surface area contributed by atoms with Crippen LogP contribution in [0.2, 0.25) is 6.04 Å². The number of fused-ring (bicyclic) bond motifs is 1. The predicted octanol–water partition coefficient (Wildman–Crippen LogP) is 0.251. The van der Waals surface area contributed by atoms with Crippen molar-refractivity contribution >= 4 is 8.80 Å². The molecule has 0 radical (unpaired) electrons. The smallest absolute Gasteiger partial charge is 0.368 e. The first-order valence-electron chi connectivity index (χ1n) is 5.06. The molecule has 13 heavy (non-hydrogen) atoms. The molecule has 0 spiro atoms. The molecule has 74 valence electrons. The van der Waals surface area contributed by atoms with E-state index in [9.17, 15) is 0 Å². The lowest BCUT2D eigenvalue weighted by molar-refractivity contribution is 0.0719. The van der Waals surface area contributed by atoms with Crippen molar-refractivity contribution in [3.63, 3.8) is 0 Å². The van der Waals surface area contributed by atoms with Gasteiger partial charge in [0.05, 0.1) is 18.3 Å². The van der Waals surface area contributed by atoms with Crippen LogP contribution in [0.5, 0.6) is 0 Å². The summed E-state index contributed by atoms with van der Waals surface area (Å²) in [4.78, 5) is 0. The van der Waals surface area contributed by atoms with Crippen LogP contribution >= 0.6 is 0 Å². The van der Waals surface area contributed by atoms with E-state index < -0.39 is 8.80 Å². The molecule has 0 amide bonds. The Morgan fingerprint density at radius 3 is 2.38 bits per heavy atom. The highest BCUT2D eigenvalue weighted by molar-refractivity contribution is 6.62. The molecule has 2 atom stereocenters. The van der Waals surface area contributed by atoms with Gasteiger partial charge in [0.25, 0.3) is 0 Å². The Labute approximate surface area is 78.7 Å². The Morgan fingerprint density at radius 1 is 1.15 bits per heavy atom. The summed E-state index contributed by atoms with van der Waals surface area (Å²) in [6, 6.07) is 0.910. The molecule has 2 saturated heterocycles. The fourth-order valence-corrected chi connectivity index (χ4v) is 5.85. The second-order valence-electron chi connectivity index (χ2n) is 4.05. The third kappa shape index (κ3) is 1.12. The van der Waals surface area contributed by atoms with E-state index in [2.05, 4.69) is 0 Å². The largest absolute Gasteiger partial charge is 0.502 e. The second-order valence-corrected chi connectivity index (χ2v) is 6.62. The highest BCUT2D eigenvalue weighted by atomic mass is 28.4. The molecule has 1 saturated carbocycles. The molecule has 0 aromatic heterocycles. The van der Waals surface area contributed by atoms with Crippen molar-refractivity contribution < 1.29 is 13.3 Å². The quantitative estimate of drug-likeness (QED) is 0.665. The molecule has 3 fully saturated rings. The minimum atomic E-state index is -2.20. The second kappa shape index (κ2) is 2.77. The van der Waals surface area contributed by atoms with Gasteiger partial charge in [0, 0.05) is 6.04 Å². The summed E-state index contributed by atoms with van der Waals surface area (Å²) in [6.45, 7) is 0.699. The van der Waals surface area contributed by atoms with Crippen LogP contribution in [0.1, 0.15) is 19.3 Å². The van der Waals surface area contributed by atoms with E-state index in [0.29, 0.717) is 18.8 Å². The summed E-state index contributed by atoms with van der Waals surface area (Å²) in [5.41, 5.74) is 5.47. The van der Waals surface area contributed by atoms with Gasteiger partial charge in [0.1, 0.15) is 0 Å². The normalized spacial score (nSPS) is 51.9. The van der Waals surface area contributed by atoms with E-state index in [1.807, 2.05) is 0 Å². The maximum atomic E-state index is 5.89. The third-order valence-corrected chi connectivity index (χ3v) is 6.05. The van der Waals surface area contributed by atoms with Crippen LogP contribution in [0.15, 0.2) is 0 Å². The summed E-state index contributed by atoms with van der Waals surface area (Å²) in [5.74, 6) is 0. The van der Waals surface area contributed by atoms with Crippen LogP contribution in [-0.4, -0.2) is 33.7 Å². The Bertz CT molecular complexity index is 206. The van der Waals surface area contributed by atoms with Crippen LogP contribution in [0.25, 0.3) is 0 Å². The predicted molar refractivity (Wildman–Crippen MR) is 48.1 cm³/mol. The van der Waals surface area contributed by atoms with Crippen molar-refractivity contribution in [2.75, 3.05) is 6.54 Å². The molecule has 2 unspecified atom stereocenters. The minimum Gasteiger partial charge on any atom is -0.368 e. The van der Waals surface area contributed by atoms with Gasteiger partial charge in [-0.1, -0.05) is 0 Å². The first-order chi connectivity index (χ1) is 6.33. The van der Waals surface area contributed by atoms with Crippen LogP contribution in [0.3, 0.4) is 0 Å². The molecule has 2 heterocycles. The molecule has 1 aliphatic carbocycles. The molecular formula is C8H15NO3Si. The summed E-state index contributed by atoms with van der Waals surface area (Å²) in [7, 11) is -2.20. The van der Waals surface area contributed by atoms with E-state index in [0.717, 1.165) is 25.3 Å². The van der Waals surface area contributed by atoms with Crippen molar-refractivity contribution in [1.82, 2.24) is 0 Å². The van der Waals surface area contributed by atoms with Gasteiger partial charge in [0.2, 0.25) is 0 Å². The molecule has 3 aliphatic rings. The highest BCUT2D eigenvalue weighted by Crippen LogP contribution is 2.47. The van der Waals surface area contributed by atoms with Gasteiger partial charge in [0.15, 0.2) is 0 Å². The topological polar surface area (TPSA) is 53.7 Å². The van der Waals surface area contributed by atoms with Crippen molar-refractivity contribution in [3.8, 4) is 0 Å². The summed E-state index contributed by atoms with van der Waals surface area (Å²) in [5, 5.41) is 0. The first kappa shape index (κ1) is 8.37. The lowest BCUT2D eigenvalue weighted by atomic mass is 10.2. The van der Waals surface area contributed by atoms with Crippen molar-refractivity contribution in [2.45, 2.75) is 43.6 Å². The fraction of sp³-hybridized carbons (Fsp3) is 1.00. The van der Waals surface area contributed by atoms with E-state index in [-0.39, 0.29) is 6.10 Å². The molecule has 4 nitrogen and oxygen atoms in total. The summed E-state index contributed by atoms with van der Waals surface area (Å²) in [6.07, 6.45) is 4.16. The molecule has 2 bridgehead atoms. The van der Waals surface area contributed by atoms with E-state index in [1.54, 1.807) is 0 Å². The van der Waals surface area contributed by atoms with Gasteiger partial charge in [-0.2, -0.15) is 0 Å².